The summed E-state index contributed by atoms with van der Waals surface area (Å²) >= 11 is 0. The van der Waals surface area contributed by atoms with Crippen molar-refractivity contribution in [2.45, 2.75) is 30.6 Å². The fraction of sp³-hybridized carbons (Fsp3) is 1.00. The Kier molecular flexibility index (Phi) is 3.60. The number of aliphatic hydroxyl groups excluding tert-OH is 2. The molecule has 0 spiro atoms. The molecule has 0 aromatic rings. The Morgan fingerprint density at radius 2 is 2.00 bits per heavy atom. The van der Waals surface area contributed by atoms with Crippen molar-refractivity contribution < 1.29 is 19.7 Å². The smallest absolute Gasteiger partial charge is 0.175 e. The number of hydrogen-bond donors (Lipinski definition) is 4. The minimum atomic E-state index is -1.06. The van der Waals surface area contributed by atoms with Gasteiger partial charge in [-0.15, -0.1) is 0 Å². The third kappa shape index (κ3) is 1.98. The third-order valence-corrected chi connectivity index (χ3v) is 2.21. The zero-order valence-electron chi connectivity index (χ0n) is 7.46. The lowest BCUT2D eigenvalue weighted by Gasteiger charge is -2.40. The van der Waals surface area contributed by atoms with Crippen molar-refractivity contribution in [1.82, 2.24) is 0 Å². The van der Waals surface area contributed by atoms with Crippen LogP contribution in [-0.2, 0) is 9.47 Å². The van der Waals surface area contributed by atoms with E-state index in [-0.39, 0.29) is 6.54 Å². The zero-order valence-corrected chi connectivity index (χ0v) is 7.46. The molecule has 0 aliphatic carbocycles. The van der Waals surface area contributed by atoms with Crippen LogP contribution in [0.25, 0.3) is 0 Å². The first-order valence-corrected chi connectivity index (χ1v) is 4.11. The second kappa shape index (κ2) is 4.32. The van der Waals surface area contributed by atoms with Crippen molar-refractivity contribution in [3.05, 3.63) is 0 Å². The lowest BCUT2D eigenvalue weighted by molar-refractivity contribution is -0.248. The molecule has 6 nitrogen and oxygen atoms in total. The standard InChI is InChI=1S/C7H16N2O4/c1-12-7-4(9)6(11)5(10)3(2-8)13-7/h3-7,10-11H,2,8-9H2,1H3/t3-,4+,5-,6-,7+/m1/s1. The summed E-state index contributed by atoms with van der Waals surface area (Å²) in [6.45, 7) is 0.116. The minimum Gasteiger partial charge on any atom is -0.388 e. The van der Waals surface area contributed by atoms with E-state index in [1.54, 1.807) is 0 Å². The number of aliphatic hydroxyl groups is 2. The van der Waals surface area contributed by atoms with Crippen LogP contribution in [-0.4, -0.2) is 54.5 Å². The normalized spacial score (nSPS) is 46.4. The topological polar surface area (TPSA) is 111 Å². The van der Waals surface area contributed by atoms with E-state index >= 15 is 0 Å². The third-order valence-electron chi connectivity index (χ3n) is 2.21. The minimum absolute atomic E-state index is 0.116. The van der Waals surface area contributed by atoms with Gasteiger partial charge in [0.2, 0.25) is 0 Å². The maximum atomic E-state index is 9.46. The van der Waals surface area contributed by atoms with E-state index in [0.717, 1.165) is 0 Å². The molecule has 0 saturated carbocycles. The summed E-state index contributed by atoms with van der Waals surface area (Å²) in [6, 6.07) is -0.747. The largest absolute Gasteiger partial charge is 0.388 e. The Morgan fingerprint density at radius 1 is 1.38 bits per heavy atom. The molecule has 0 bridgehead atoms. The van der Waals surface area contributed by atoms with Gasteiger partial charge in [-0.3, -0.25) is 0 Å². The quantitative estimate of drug-likeness (QED) is 0.381. The van der Waals surface area contributed by atoms with Gasteiger partial charge in [0, 0.05) is 13.7 Å². The van der Waals surface area contributed by atoms with Crippen molar-refractivity contribution in [2.75, 3.05) is 13.7 Å². The lowest BCUT2D eigenvalue weighted by Crippen LogP contribution is -2.62. The van der Waals surface area contributed by atoms with Gasteiger partial charge in [-0.2, -0.15) is 0 Å². The summed E-state index contributed by atoms with van der Waals surface area (Å²) in [5, 5.41) is 18.9. The second-order valence-corrected chi connectivity index (χ2v) is 3.07. The maximum Gasteiger partial charge on any atom is 0.175 e. The van der Waals surface area contributed by atoms with Crippen LogP contribution in [0.5, 0.6) is 0 Å². The number of methoxy groups -OCH3 is 1. The molecule has 1 aliphatic rings. The Hall–Kier alpha value is -0.240. The molecule has 5 atom stereocenters. The highest BCUT2D eigenvalue weighted by Gasteiger charge is 2.42. The van der Waals surface area contributed by atoms with Gasteiger partial charge in [-0.05, 0) is 0 Å². The maximum absolute atomic E-state index is 9.46. The van der Waals surface area contributed by atoms with E-state index in [2.05, 4.69) is 0 Å². The summed E-state index contributed by atoms with van der Waals surface area (Å²) in [5.74, 6) is 0. The Labute approximate surface area is 76.4 Å². The molecule has 6 heteroatoms. The molecule has 0 aromatic heterocycles. The lowest BCUT2D eigenvalue weighted by atomic mass is 9.97. The molecule has 0 radical (unpaired) electrons. The van der Waals surface area contributed by atoms with Gasteiger partial charge in [0.25, 0.3) is 0 Å². The van der Waals surface area contributed by atoms with E-state index < -0.39 is 30.6 Å². The number of rotatable bonds is 2. The molecular formula is C7H16N2O4. The molecule has 0 aromatic carbocycles. The first-order chi connectivity index (χ1) is 6.11. The number of nitrogens with two attached hydrogens (primary N) is 2. The summed E-state index contributed by atoms with van der Waals surface area (Å²) in [4.78, 5) is 0. The molecule has 1 rings (SSSR count). The van der Waals surface area contributed by atoms with Gasteiger partial charge in [0.15, 0.2) is 6.29 Å². The van der Waals surface area contributed by atoms with Crippen LogP contribution in [0, 0.1) is 0 Å². The fourth-order valence-electron chi connectivity index (χ4n) is 1.36. The predicted octanol–water partition coefficient (Wildman–Crippen LogP) is -2.63. The summed E-state index contributed by atoms with van der Waals surface area (Å²) in [5.41, 5.74) is 10.9. The molecule has 1 saturated heterocycles. The Balaban J connectivity index is 2.66. The highest BCUT2D eigenvalue weighted by Crippen LogP contribution is 2.19. The van der Waals surface area contributed by atoms with Crippen molar-refractivity contribution in [3.8, 4) is 0 Å². The fourth-order valence-corrected chi connectivity index (χ4v) is 1.36. The Bertz CT molecular complexity index is 149. The van der Waals surface area contributed by atoms with Gasteiger partial charge in [-0.25, -0.2) is 0 Å². The zero-order chi connectivity index (χ0) is 10.0. The van der Waals surface area contributed by atoms with E-state index in [0.29, 0.717) is 0 Å². The van der Waals surface area contributed by atoms with Crippen molar-refractivity contribution in [1.29, 1.82) is 0 Å². The molecule has 1 heterocycles. The molecule has 6 N–H and O–H groups in total. The van der Waals surface area contributed by atoms with Gasteiger partial charge in [0.05, 0.1) is 6.04 Å². The van der Waals surface area contributed by atoms with Crippen LogP contribution in [0.2, 0.25) is 0 Å². The van der Waals surface area contributed by atoms with Crippen LogP contribution < -0.4 is 11.5 Å². The highest BCUT2D eigenvalue weighted by molar-refractivity contribution is 4.91. The summed E-state index contributed by atoms with van der Waals surface area (Å²) < 4.78 is 10.1. The molecular weight excluding hydrogens is 176 g/mol. The monoisotopic (exact) mass is 192 g/mol. The second-order valence-electron chi connectivity index (χ2n) is 3.07. The molecule has 1 fully saturated rings. The average Bonchev–Trinajstić information content (AvgIpc) is 2.15. The Morgan fingerprint density at radius 3 is 2.46 bits per heavy atom. The predicted molar refractivity (Wildman–Crippen MR) is 44.7 cm³/mol. The van der Waals surface area contributed by atoms with Gasteiger partial charge < -0.3 is 31.2 Å². The van der Waals surface area contributed by atoms with Crippen molar-refractivity contribution >= 4 is 0 Å². The van der Waals surface area contributed by atoms with E-state index in [1.165, 1.54) is 7.11 Å². The van der Waals surface area contributed by atoms with E-state index in [1.807, 2.05) is 0 Å². The summed E-state index contributed by atoms with van der Waals surface area (Å²) in [6.07, 6.45) is -3.45. The average molecular weight is 192 g/mol. The number of ether oxygens (including phenoxy) is 2. The molecule has 1 aliphatic heterocycles. The molecule has 78 valence electrons. The van der Waals surface area contributed by atoms with Crippen LogP contribution in [0.15, 0.2) is 0 Å². The first-order valence-electron chi connectivity index (χ1n) is 4.11. The number of hydrogen-bond acceptors (Lipinski definition) is 6. The van der Waals surface area contributed by atoms with E-state index in [4.69, 9.17) is 20.9 Å². The van der Waals surface area contributed by atoms with Crippen molar-refractivity contribution in [2.24, 2.45) is 11.5 Å². The highest BCUT2D eigenvalue weighted by atomic mass is 16.7. The first kappa shape index (κ1) is 10.8. The van der Waals surface area contributed by atoms with Crippen LogP contribution >= 0.6 is 0 Å². The van der Waals surface area contributed by atoms with E-state index in [9.17, 15) is 10.2 Å². The SMILES string of the molecule is CO[C@H]1O[C@H](CN)[C@@H](O)[C@H](O)[C@@H]1N. The van der Waals surface area contributed by atoms with Crippen LogP contribution in [0.3, 0.4) is 0 Å². The van der Waals surface area contributed by atoms with Crippen LogP contribution in [0.1, 0.15) is 0 Å². The molecule has 0 amide bonds. The van der Waals surface area contributed by atoms with Gasteiger partial charge >= 0.3 is 0 Å². The van der Waals surface area contributed by atoms with Crippen LogP contribution in [0.4, 0.5) is 0 Å². The molecule has 13 heavy (non-hydrogen) atoms. The van der Waals surface area contributed by atoms with Gasteiger partial charge in [-0.1, -0.05) is 0 Å². The molecule has 0 unspecified atom stereocenters. The van der Waals surface area contributed by atoms with Gasteiger partial charge in [0.1, 0.15) is 18.3 Å². The summed E-state index contributed by atoms with van der Waals surface area (Å²) in [7, 11) is 1.42. The van der Waals surface area contributed by atoms with Crippen molar-refractivity contribution in [3.63, 3.8) is 0 Å².